The molecular formula is C14H19NO2S3. The molecule has 2 aromatic rings. The molecule has 0 aromatic carbocycles. The van der Waals surface area contributed by atoms with Crippen LogP contribution in [0, 0.1) is 0 Å². The summed E-state index contributed by atoms with van der Waals surface area (Å²) >= 11 is 3.44. The molecule has 20 heavy (non-hydrogen) atoms. The molecule has 2 unspecified atom stereocenters. The van der Waals surface area contributed by atoms with Crippen molar-refractivity contribution >= 4 is 32.5 Å². The van der Waals surface area contributed by atoms with Crippen molar-refractivity contribution in [2.45, 2.75) is 25.4 Å². The van der Waals surface area contributed by atoms with E-state index in [-0.39, 0.29) is 17.8 Å². The lowest BCUT2D eigenvalue weighted by molar-refractivity contribution is 0.479. The lowest BCUT2D eigenvalue weighted by atomic mass is 10.1. The summed E-state index contributed by atoms with van der Waals surface area (Å²) in [5.74, 6) is 0.166. The summed E-state index contributed by atoms with van der Waals surface area (Å²) in [5, 5.41) is 7.58. The van der Waals surface area contributed by atoms with Gasteiger partial charge in [-0.2, -0.15) is 0 Å². The highest BCUT2D eigenvalue weighted by Crippen LogP contribution is 2.25. The fourth-order valence-electron chi connectivity index (χ4n) is 2.21. The SMILES string of the molecule is CC(CS(C)(=O)=O)NC(Cc1cccs1)c1cccs1. The molecular weight excluding hydrogens is 310 g/mol. The molecule has 110 valence electrons. The van der Waals surface area contributed by atoms with Crippen LogP contribution in [0.3, 0.4) is 0 Å². The van der Waals surface area contributed by atoms with E-state index in [9.17, 15) is 8.42 Å². The summed E-state index contributed by atoms with van der Waals surface area (Å²) in [6.45, 7) is 1.93. The van der Waals surface area contributed by atoms with Gasteiger partial charge in [0.2, 0.25) is 0 Å². The van der Waals surface area contributed by atoms with Crippen LogP contribution in [0.2, 0.25) is 0 Å². The molecule has 0 aliphatic heterocycles. The molecule has 0 bridgehead atoms. The molecule has 0 radical (unpaired) electrons. The number of rotatable bonds is 7. The monoisotopic (exact) mass is 329 g/mol. The molecule has 3 nitrogen and oxygen atoms in total. The second-order valence-corrected chi connectivity index (χ2v) is 9.21. The highest BCUT2D eigenvalue weighted by molar-refractivity contribution is 7.90. The molecule has 0 fully saturated rings. The number of nitrogens with one attached hydrogen (secondary N) is 1. The number of hydrogen-bond acceptors (Lipinski definition) is 5. The van der Waals surface area contributed by atoms with Crippen molar-refractivity contribution in [1.82, 2.24) is 5.32 Å². The number of thiophene rings is 2. The van der Waals surface area contributed by atoms with Crippen LogP contribution in [0.5, 0.6) is 0 Å². The molecule has 0 aliphatic rings. The number of sulfone groups is 1. The molecule has 2 heterocycles. The topological polar surface area (TPSA) is 46.2 Å². The summed E-state index contributed by atoms with van der Waals surface area (Å²) in [5.41, 5.74) is 0. The molecule has 1 N–H and O–H groups in total. The van der Waals surface area contributed by atoms with Gasteiger partial charge >= 0.3 is 0 Å². The van der Waals surface area contributed by atoms with E-state index in [0.717, 1.165) is 6.42 Å². The lowest BCUT2D eigenvalue weighted by Gasteiger charge is -2.21. The first-order valence-corrected chi connectivity index (χ1v) is 10.3. The van der Waals surface area contributed by atoms with Crippen molar-refractivity contribution in [2.24, 2.45) is 0 Å². The van der Waals surface area contributed by atoms with Gasteiger partial charge in [0.25, 0.3) is 0 Å². The maximum atomic E-state index is 11.4. The quantitative estimate of drug-likeness (QED) is 0.849. The van der Waals surface area contributed by atoms with E-state index in [1.165, 1.54) is 16.0 Å². The summed E-state index contributed by atoms with van der Waals surface area (Å²) in [4.78, 5) is 2.56. The minimum atomic E-state index is -2.96. The molecule has 2 aromatic heterocycles. The fraction of sp³-hybridized carbons (Fsp3) is 0.429. The zero-order chi connectivity index (χ0) is 14.6. The Hall–Kier alpha value is -0.690. The summed E-state index contributed by atoms with van der Waals surface area (Å²) in [7, 11) is -2.96. The summed E-state index contributed by atoms with van der Waals surface area (Å²) in [6, 6.07) is 8.41. The average molecular weight is 330 g/mol. The second-order valence-electron chi connectivity index (χ2n) is 5.01. The largest absolute Gasteiger partial charge is 0.305 e. The first-order valence-electron chi connectivity index (χ1n) is 6.43. The second kappa shape index (κ2) is 6.85. The molecule has 0 saturated carbocycles. The molecule has 0 spiro atoms. The van der Waals surface area contributed by atoms with Gasteiger partial charge in [0.1, 0.15) is 9.84 Å². The van der Waals surface area contributed by atoms with Crippen molar-refractivity contribution in [3.05, 3.63) is 44.8 Å². The van der Waals surface area contributed by atoms with Crippen LogP contribution in [0.4, 0.5) is 0 Å². The lowest BCUT2D eigenvalue weighted by Crippen LogP contribution is -2.36. The van der Waals surface area contributed by atoms with Crippen LogP contribution >= 0.6 is 22.7 Å². The van der Waals surface area contributed by atoms with E-state index < -0.39 is 9.84 Å². The zero-order valence-electron chi connectivity index (χ0n) is 11.6. The van der Waals surface area contributed by atoms with Crippen LogP contribution in [0.1, 0.15) is 22.7 Å². The summed E-state index contributed by atoms with van der Waals surface area (Å²) in [6.07, 6.45) is 2.18. The fourth-order valence-corrected chi connectivity index (χ4v) is 4.75. The van der Waals surface area contributed by atoms with E-state index in [1.54, 1.807) is 22.7 Å². The van der Waals surface area contributed by atoms with Gasteiger partial charge < -0.3 is 5.32 Å². The first-order chi connectivity index (χ1) is 9.44. The maximum absolute atomic E-state index is 11.4. The van der Waals surface area contributed by atoms with Gasteiger partial charge in [0.05, 0.1) is 5.75 Å². The Balaban J connectivity index is 2.07. The van der Waals surface area contributed by atoms with E-state index in [0.29, 0.717) is 0 Å². The van der Waals surface area contributed by atoms with E-state index in [1.807, 2.05) is 19.1 Å². The van der Waals surface area contributed by atoms with Gasteiger partial charge in [-0.25, -0.2) is 8.42 Å². The Labute approximate surface area is 128 Å². The molecule has 0 amide bonds. The standard InChI is InChI=1S/C14H19NO2S3/c1-11(10-20(2,16)17)15-13(14-6-4-8-19-14)9-12-5-3-7-18-12/h3-8,11,13,15H,9-10H2,1-2H3. The number of hydrogen-bond donors (Lipinski definition) is 1. The highest BCUT2D eigenvalue weighted by Gasteiger charge is 2.18. The van der Waals surface area contributed by atoms with Crippen LogP contribution in [0.15, 0.2) is 35.0 Å². The van der Waals surface area contributed by atoms with Crippen molar-refractivity contribution < 1.29 is 8.42 Å². The van der Waals surface area contributed by atoms with Crippen LogP contribution in [0.25, 0.3) is 0 Å². The van der Waals surface area contributed by atoms with Gasteiger partial charge in [-0.3, -0.25) is 0 Å². The third kappa shape index (κ3) is 5.01. The Morgan fingerprint density at radius 2 is 1.90 bits per heavy atom. The van der Waals surface area contributed by atoms with Crippen LogP contribution in [-0.4, -0.2) is 26.5 Å². The minimum Gasteiger partial charge on any atom is -0.305 e. The van der Waals surface area contributed by atoms with Gasteiger partial charge in [-0.15, -0.1) is 22.7 Å². The normalized spacial score (nSPS) is 15.1. The molecule has 6 heteroatoms. The maximum Gasteiger partial charge on any atom is 0.148 e. The molecule has 0 aliphatic carbocycles. The van der Waals surface area contributed by atoms with Crippen LogP contribution < -0.4 is 5.32 Å². The van der Waals surface area contributed by atoms with Crippen molar-refractivity contribution in [3.8, 4) is 0 Å². The third-order valence-electron chi connectivity index (χ3n) is 2.91. The van der Waals surface area contributed by atoms with E-state index in [4.69, 9.17) is 0 Å². The van der Waals surface area contributed by atoms with Gasteiger partial charge in [0, 0.05) is 34.5 Å². The smallest absolute Gasteiger partial charge is 0.148 e. The minimum absolute atomic E-state index is 0.0583. The molecule has 0 saturated heterocycles. The van der Waals surface area contributed by atoms with Crippen molar-refractivity contribution in [3.63, 3.8) is 0 Å². The average Bonchev–Trinajstić information content (AvgIpc) is 2.98. The van der Waals surface area contributed by atoms with E-state index in [2.05, 4.69) is 28.2 Å². The van der Waals surface area contributed by atoms with Gasteiger partial charge in [-0.1, -0.05) is 12.1 Å². The van der Waals surface area contributed by atoms with Crippen LogP contribution in [-0.2, 0) is 16.3 Å². The first kappa shape index (κ1) is 15.7. The van der Waals surface area contributed by atoms with Gasteiger partial charge in [0.15, 0.2) is 0 Å². The van der Waals surface area contributed by atoms with Gasteiger partial charge in [-0.05, 0) is 29.8 Å². The predicted octanol–water partition coefficient (Wildman–Crippen LogP) is 3.12. The van der Waals surface area contributed by atoms with Crippen molar-refractivity contribution in [2.75, 3.05) is 12.0 Å². The Bertz CT molecular complexity index is 603. The summed E-state index contributed by atoms with van der Waals surface area (Å²) < 4.78 is 22.8. The third-order valence-corrected chi connectivity index (χ3v) is 5.90. The predicted molar refractivity (Wildman–Crippen MR) is 87.4 cm³/mol. The molecule has 2 atom stereocenters. The zero-order valence-corrected chi connectivity index (χ0v) is 14.0. The Morgan fingerprint density at radius 3 is 2.45 bits per heavy atom. The molecule has 2 rings (SSSR count). The Kier molecular flexibility index (Phi) is 5.37. The highest BCUT2D eigenvalue weighted by atomic mass is 32.2. The van der Waals surface area contributed by atoms with Crippen molar-refractivity contribution in [1.29, 1.82) is 0 Å². The van der Waals surface area contributed by atoms with E-state index >= 15 is 0 Å². The Morgan fingerprint density at radius 1 is 1.20 bits per heavy atom.